The van der Waals surface area contributed by atoms with Crippen LogP contribution in [0.5, 0.6) is 0 Å². The lowest BCUT2D eigenvalue weighted by Gasteiger charge is -2.10. The van der Waals surface area contributed by atoms with Gasteiger partial charge in [0.05, 0.1) is 5.69 Å². The number of aromatic nitrogens is 2. The molecule has 0 fully saturated rings. The number of aryl methyl sites for hydroxylation is 2. The van der Waals surface area contributed by atoms with Crippen molar-refractivity contribution in [2.24, 2.45) is 5.92 Å². The Kier molecular flexibility index (Phi) is 3.83. The lowest BCUT2D eigenvalue weighted by atomic mass is 10.2. The summed E-state index contributed by atoms with van der Waals surface area (Å²) in [6, 6.07) is 1.96. The first-order valence-electron chi connectivity index (χ1n) is 4.79. The fourth-order valence-electron chi connectivity index (χ4n) is 0.976. The van der Waals surface area contributed by atoms with E-state index in [0.29, 0.717) is 6.54 Å². The Morgan fingerprint density at radius 2 is 2.14 bits per heavy atom. The molecule has 0 spiro atoms. The third-order valence-corrected chi connectivity index (χ3v) is 2.17. The van der Waals surface area contributed by atoms with Gasteiger partial charge < -0.3 is 10.4 Å². The molecule has 1 aromatic heterocycles. The first-order chi connectivity index (χ1) is 6.63. The summed E-state index contributed by atoms with van der Waals surface area (Å²) >= 11 is 0. The van der Waals surface area contributed by atoms with Crippen LogP contribution in [0.2, 0.25) is 0 Å². The molecule has 1 atom stereocenters. The van der Waals surface area contributed by atoms with E-state index >= 15 is 0 Å². The Hall–Kier alpha value is -1.16. The summed E-state index contributed by atoms with van der Waals surface area (Å²) in [5, 5.41) is 20.0. The lowest BCUT2D eigenvalue weighted by molar-refractivity contribution is 0.244. The van der Waals surface area contributed by atoms with Gasteiger partial charge in [-0.25, -0.2) is 0 Å². The molecule has 0 saturated heterocycles. The molecule has 14 heavy (non-hydrogen) atoms. The number of nitrogens with zero attached hydrogens (tertiary/aromatic N) is 2. The predicted octanol–water partition coefficient (Wildman–Crippen LogP) is 1.13. The van der Waals surface area contributed by atoms with Crippen molar-refractivity contribution >= 4 is 5.82 Å². The highest BCUT2D eigenvalue weighted by atomic mass is 16.3. The normalized spacial score (nSPS) is 12.6. The van der Waals surface area contributed by atoms with Crippen LogP contribution >= 0.6 is 0 Å². The van der Waals surface area contributed by atoms with Gasteiger partial charge in [0.25, 0.3) is 0 Å². The molecule has 0 aliphatic carbocycles. The van der Waals surface area contributed by atoms with E-state index in [1.54, 1.807) is 0 Å². The maximum Gasteiger partial charge on any atom is 0.148 e. The molecule has 0 radical (unpaired) electrons. The van der Waals surface area contributed by atoms with Gasteiger partial charge in [0.15, 0.2) is 0 Å². The summed E-state index contributed by atoms with van der Waals surface area (Å²) in [6.07, 6.45) is 0. The minimum atomic E-state index is 0.186. The van der Waals surface area contributed by atoms with E-state index in [0.717, 1.165) is 17.1 Å². The smallest absolute Gasteiger partial charge is 0.148 e. The summed E-state index contributed by atoms with van der Waals surface area (Å²) in [5.41, 5.74) is 2.07. The van der Waals surface area contributed by atoms with Crippen LogP contribution in [-0.4, -0.2) is 28.5 Å². The molecule has 1 aromatic rings. The molecule has 0 aliphatic heterocycles. The molecule has 2 N–H and O–H groups in total. The SMILES string of the molecule is Cc1cc(NCC(C)CO)nnc1C. The Labute approximate surface area is 84.4 Å². The number of aliphatic hydroxyl groups excluding tert-OH is 1. The number of rotatable bonds is 4. The second kappa shape index (κ2) is 4.91. The number of aliphatic hydroxyl groups is 1. The molecule has 4 nitrogen and oxygen atoms in total. The van der Waals surface area contributed by atoms with E-state index in [1.807, 2.05) is 26.8 Å². The van der Waals surface area contributed by atoms with Crippen LogP contribution in [-0.2, 0) is 0 Å². The zero-order valence-corrected chi connectivity index (χ0v) is 8.91. The van der Waals surface area contributed by atoms with E-state index in [9.17, 15) is 0 Å². The highest BCUT2D eigenvalue weighted by Gasteiger charge is 2.02. The van der Waals surface area contributed by atoms with Gasteiger partial charge in [-0.2, -0.15) is 5.10 Å². The molecule has 0 amide bonds. The van der Waals surface area contributed by atoms with E-state index in [4.69, 9.17) is 5.11 Å². The first kappa shape index (κ1) is 10.9. The van der Waals surface area contributed by atoms with Gasteiger partial charge >= 0.3 is 0 Å². The highest BCUT2D eigenvalue weighted by Crippen LogP contribution is 2.08. The number of anilines is 1. The second-order valence-electron chi connectivity index (χ2n) is 3.67. The van der Waals surface area contributed by atoms with Gasteiger partial charge in [-0.15, -0.1) is 5.10 Å². The quantitative estimate of drug-likeness (QED) is 0.756. The molecule has 0 aliphatic rings. The average Bonchev–Trinajstić information content (AvgIpc) is 2.19. The zero-order valence-electron chi connectivity index (χ0n) is 8.91. The summed E-state index contributed by atoms with van der Waals surface area (Å²) in [5.74, 6) is 1.01. The molecular weight excluding hydrogens is 178 g/mol. The highest BCUT2D eigenvalue weighted by molar-refractivity contribution is 5.37. The van der Waals surface area contributed by atoms with E-state index in [1.165, 1.54) is 0 Å². The maximum atomic E-state index is 8.84. The molecule has 1 rings (SSSR count). The summed E-state index contributed by atoms with van der Waals surface area (Å²) in [7, 11) is 0. The van der Waals surface area contributed by atoms with Gasteiger partial charge in [0.2, 0.25) is 0 Å². The number of nitrogens with one attached hydrogen (secondary N) is 1. The van der Waals surface area contributed by atoms with Crippen LogP contribution in [0.25, 0.3) is 0 Å². The van der Waals surface area contributed by atoms with Crippen LogP contribution in [0.15, 0.2) is 6.07 Å². The van der Waals surface area contributed by atoms with Crippen molar-refractivity contribution in [3.05, 3.63) is 17.3 Å². The molecule has 0 aromatic carbocycles. The standard InChI is InChI=1S/C10H17N3O/c1-7(6-14)5-11-10-4-8(2)9(3)12-13-10/h4,7,14H,5-6H2,1-3H3,(H,11,13). The second-order valence-corrected chi connectivity index (χ2v) is 3.67. The molecule has 1 heterocycles. The minimum Gasteiger partial charge on any atom is -0.396 e. The van der Waals surface area contributed by atoms with E-state index < -0.39 is 0 Å². The molecule has 78 valence electrons. The summed E-state index contributed by atoms with van der Waals surface area (Å²) in [4.78, 5) is 0. The monoisotopic (exact) mass is 195 g/mol. The zero-order chi connectivity index (χ0) is 10.6. The van der Waals surface area contributed by atoms with Gasteiger partial charge in [-0.05, 0) is 31.4 Å². The van der Waals surface area contributed by atoms with Crippen LogP contribution in [0.3, 0.4) is 0 Å². The van der Waals surface area contributed by atoms with E-state index in [2.05, 4.69) is 15.5 Å². The summed E-state index contributed by atoms with van der Waals surface area (Å²) in [6.45, 7) is 6.81. The molecule has 1 unspecified atom stereocenters. The minimum absolute atomic E-state index is 0.186. The van der Waals surface area contributed by atoms with Gasteiger partial charge in [-0.1, -0.05) is 6.92 Å². The van der Waals surface area contributed by atoms with Crippen molar-refractivity contribution in [3.8, 4) is 0 Å². The predicted molar refractivity (Wildman–Crippen MR) is 56.2 cm³/mol. The summed E-state index contributed by atoms with van der Waals surface area (Å²) < 4.78 is 0. The number of hydrogen-bond donors (Lipinski definition) is 2. The van der Waals surface area contributed by atoms with Crippen LogP contribution < -0.4 is 5.32 Å². The Balaban J connectivity index is 2.55. The lowest BCUT2D eigenvalue weighted by Crippen LogP contribution is -2.15. The van der Waals surface area contributed by atoms with Crippen LogP contribution in [0.1, 0.15) is 18.2 Å². The van der Waals surface area contributed by atoms with Crippen molar-refractivity contribution in [1.82, 2.24) is 10.2 Å². The van der Waals surface area contributed by atoms with Crippen molar-refractivity contribution in [1.29, 1.82) is 0 Å². The van der Waals surface area contributed by atoms with Crippen molar-refractivity contribution in [2.45, 2.75) is 20.8 Å². The van der Waals surface area contributed by atoms with Crippen molar-refractivity contribution < 1.29 is 5.11 Å². The molecule has 4 heteroatoms. The fourth-order valence-corrected chi connectivity index (χ4v) is 0.976. The first-order valence-corrected chi connectivity index (χ1v) is 4.79. The Morgan fingerprint density at radius 3 is 2.71 bits per heavy atom. The van der Waals surface area contributed by atoms with Gasteiger partial charge in [-0.3, -0.25) is 0 Å². The van der Waals surface area contributed by atoms with Crippen molar-refractivity contribution in [3.63, 3.8) is 0 Å². The maximum absolute atomic E-state index is 8.84. The molecule has 0 bridgehead atoms. The van der Waals surface area contributed by atoms with Gasteiger partial charge in [0, 0.05) is 13.2 Å². The fraction of sp³-hybridized carbons (Fsp3) is 0.600. The van der Waals surface area contributed by atoms with E-state index in [-0.39, 0.29) is 12.5 Å². The molecule has 0 saturated carbocycles. The van der Waals surface area contributed by atoms with Crippen molar-refractivity contribution in [2.75, 3.05) is 18.5 Å². The Bertz CT molecular complexity index is 301. The number of hydrogen-bond acceptors (Lipinski definition) is 4. The topological polar surface area (TPSA) is 58.0 Å². The van der Waals surface area contributed by atoms with Gasteiger partial charge in [0.1, 0.15) is 5.82 Å². The molecular formula is C10H17N3O. The largest absolute Gasteiger partial charge is 0.396 e. The third-order valence-electron chi connectivity index (χ3n) is 2.17. The van der Waals surface area contributed by atoms with Crippen LogP contribution in [0, 0.1) is 19.8 Å². The third kappa shape index (κ3) is 2.96. The average molecular weight is 195 g/mol. The Morgan fingerprint density at radius 1 is 1.43 bits per heavy atom. The van der Waals surface area contributed by atoms with Crippen LogP contribution in [0.4, 0.5) is 5.82 Å².